The second-order valence-electron chi connectivity index (χ2n) is 4.30. The Labute approximate surface area is 114 Å². The van der Waals surface area contributed by atoms with Gasteiger partial charge in [0.05, 0.1) is 6.04 Å². The Morgan fingerprint density at radius 1 is 1.47 bits per heavy atom. The van der Waals surface area contributed by atoms with Crippen LogP contribution in [0.3, 0.4) is 0 Å². The summed E-state index contributed by atoms with van der Waals surface area (Å²) in [4.78, 5) is 4.23. The number of hydrogen-bond acceptors (Lipinski definition) is 3. The topological polar surface area (TPSA) is 28.2 Å². The summed E-state index contributed by atoms with van der Waals surface area (Å²) in [5.41, 5.74) is 5.58. The SMILES string of the molecule is CNN1CCCC[C@H]1c1cnc(Cl)c(C)c1.Cl. The second-order valence-corrected chi connectivity index (χ2v) is 4.66. The number of nitrogens with one attached hydrogen (secondary N) is 1. The van der Waals surface area contributed by atoms with Gasteiger partial charge in [-0.1, -0.05) is 18.0 Å². The van der Waals surface area contributed by atoms with E-state index in [9.17, 15) is 0 Å². The van der Waals surface area contributed by atoms with Crippen molar-refractivity contribution in [2.24, 2.45) is 0 Å². The van der Waals surface area contributed by atoms with Gasteiger partial charge in [-0.25, -0.2) is 9.99 Å². The zero-order valence-electron chi connectivity index (χ0n) is 10.2. The summed E-state index contributed by atoms with van der Waals surface area (Å²) in [5.74, 6) is 0. The van der Waals surface area contributed by atoms with E-state index in [4.69, 9.17) is 11.6 Å². The van der Waals surface area contributed by atoms with Crippen molar-refractivity contribution in [1.29, 1.82) is 0 Å². The quantitative estimate of drug-likeness (QED) is 0.841. The highest BCUT2D eigenvalue weighted by molar-refractivity contribution is 6.30. The van der Waals surface area contributed by atoms with Gasteiger partial charge in [0.15, 0.2) is 0 Å². The molecule has 1 atom stereocenters. The van der Waals surface area contributed by atoms with Crippen LogP contribution in [0.2, 0.25) is 5.15 Å². The number of hydrogen-bond donors (Lipinski definition) is 1. The van der Waals surface area contributed by atoms with Gasteiger partial charge in [-0.15, -0.1) is 12.4 Å². The molecule has 0 spiro atoms. The van der Waals surface area contributed by atoms with Crippen LogP contribution in [0.15, 0.2) is 12.3 Å². The van der Waals surface area contributed by atoms with E-state index in [0.29, 0.717) is 11.2 Å². The van der Waals surface area contributed by atoms with Crippen molar-refractivity contribution in [3.05, 3.63) is 28.5 Å². The molecule has 0 aliphatic carbocycles. The fourth-order valence-corrected chi connectivity index (χ4v) is 2.41. The van der Waals surface area contributed by atoms with E-state index in [1.807, 2.05) is 20.2 Å². The summed E-state index contributed by atoms with van der Waals surface area (Å²) in [5, 5.41) is 2.89. The summed E-state index contributed by atoms with van der Waals surface area (Å²) < 4.78 is 0. The van der Waals surface area contributed by atoms with Gasteiger partial charge < -0.3 is 0 Å². The zero-order chi connectivity index (χ0) is 11.5. The first-order valence-corrected chi connectivity index (χ1v) is 6.16. The van der Waals surface area contributed by atoms with E-state index >= 15 is 0 Å². The number of piperidine rings is 1. The molecule has 0 unspecified atom stereocenters. The maximum Gasteiger partial charge on any atom is 0.131 e. The molecule has 3 nitrogen and oxygen atoms in total. The Hall–Kier alpha value is -0.350. The van der Waals surface area contributed by atoms with Gasteiger partial charge in [-0.05, 0) is 44.0 Å². The third-order valence-electron chi connectivity index (χ3n) is 3.21. The Bertz CT molecular complexity index is 371. The van der Waals surface area contributed by atoms with Gasteiger partial charge in [0, 0.05) is 12.7 Å². The normalized spacial score (nSPS) is 21.0. The van der Waals surface area contributed by atoms with Gasteiger partial charge >= 0.3 is 0 Å². The number of hydrazine groups is 1. The first-order chi connectivity index (χ1) is 7.72. The molecule has 5 heteroatoms. The number of aromatic nitrogens is 1. The first kappa shape index (κ1) is 14.7. The van der Waals surface area contributed by atoms with Crippen molar-refractivity contribution >= 4 is 24.0 Å². The van der Waals surface area contributed by atoms with Crippen LogP contribution in [0.1, 0.15) is 36.4 Å². The largest absolute Gasteiger partial charge is 0.258 e. The van der Waals surface area contributed by atoms with Crippen molar-refractivity contribution in [2.75, 3.05) is 13.6 Å². The third kappa shape index (κ3) is 3.32. The van der Waals surface area contributed by atoms with Crippen LogP contribution in [0, 0.1) is 6.92 Å². The van der Waals surface area contributed by atoms with Crippen LogP contribution in [-0.4, -0.2) is 23.6 Å². The highest BCUT2D eigenvalue weighted by atomic mass is 35.5. The highest BCUT2D eigenvalue weighted by Crippen LogP contribution is 2.30. The third-order valence-corrected chi connectivity index (χ3v) is 3.61. The van der Waals surface area contributed by atoms with Crippen molar-refractivity contribution in [3.8, 4) is 0 Å². The number of aryl methyl sites for hydroxylation is 1. The summed E-state index contributed by atoms with van der Waals surface area (Å²) in [6.07, 6.45) is 5.63. The molecule has 1 aliphatic rings. The zero-order valence-corrected chi connectivity index (χ0v) is 11.8. The lowest BCUT2D eigenvalue weighted by Gasteiger charge is -2.35. The van der Waals surface area contributed by atoms with Crippen LogP contribution in [-0.2, 0) is 0 Å². The predicted octanol–water partition coefficient (Wildman–Crippen LogP) is 3.13. The molecule has 96 valence electrons. The maximum absolute atomic E-state index is 5.95. The Balaban J connectivity index is 0.00000144. The average Bonchev–Trinajstić information content (AvgIpc) is 2.32. The molecule has 1 N–H and O–H groups in total. The number of rotatable bonds is 2. The summed E-state index contributed by atoms with van der Waals surface area (Å²) in [6, 6.07) is 2.58. The Kier molecular flexibility index (Phi) is 5.67. The molecule has 0 saturated carbocycles. The minimum atomic E-state index is 0. The van der Waals surface area contributed by atoms with Crippen LogP contribution >= 0.6 is 24.0 Å². The van der Waals surface area contributed by atoms with Crippen molar-refractivity contribution in [2.45, 2.75) is 32.2 Å². The highest BCUT2D eigenvalue weighted by Gasteiger charge is 2.23. The number of halogens is 2. The molecule has 2 rings (SSSR count). The molecule has 2 heterocycles. The molecule has 0 amide bonds. The molecule has 17 heavy (non-hydrogen) atoms. The first-order valence-electron chi connectivity index (χ1n) is 5.78. The lowest BCUT2D eigenvalue weighted by molar-refractivity contribution is 0.0982. The van der Waals surface area contributed by atoms with E-state index in [-0.39, 0.29) is 12.4 Å². The molecule has 0 aromatic carbocycles. The minimum Gasteiger partial charge on any atom is -0.258 e. The van der Waals surface area contributed by atoms with Crippen LogP contribution < -0.4 is 5.43 Å². The van der Waals surface area contributed by atoms with Crippen LogP contribution in [0.4, 0.5) is 0 Å². The summed E-state index contributed by atoms with van der Waals surface area (Å²) in [7, 11) is 1.98. The molecular formula is C12H19Cl2N3. The predicted molar refractivity (Wildman–Crippen MR) is 73.6 cm³/mol. The van der Waals surface area contributed by atoms with Crippen molar-refractivity contribution in [1.82, 2.24) is 15.4 Å². The van der Waals surface area contributed by atoms with Gasteiger partial charge in [-0.2, -0.15) is 0 Å². The van der Waals surface area contributed by atoms with Crippen molar-refractivity contribution in [3.63, 3.8) is 0 Å². The fraction of sp³-hybridized carbons (Fsp3) is 0.583. The monoisotopic (exact) mass is 275 g/mol. The average molecular weight is 276 g/mol. The molecular weight excluding hydrogens is 257 g/mol. The summed E-state index contributed by atoms with van der Waals surface area (Å²) >= 11 is 5.95. The van der Waals surface area contributed by atoms with E-state index in [1.54, 1.807) is 0 Å². The number of pyridine rings is 1. The number of nitrogens with zero attached hydrogens (tertiary/aromatic N) is 2. The second kappa shape index (κ2) is 6.55. The van der Waals surface area contributed by atoms with Crippen LogP contribution in [0.5, 0.6) is 0 Å². The maximum atomic E-state index is 5.95. The molecule has 1 saturated heterocycles. The molecule has 1 aromatic heterocycles. The summed E-state index contributed by atoms with van der Waals surface area (Å²) in [6.45, 7) is 3.11. The Morgan fingerprint density at radius 3 is 2.88 bits per heavy atom. The molecule has 1 fully saturated rings. The van der Waals surface area contributed by atoms with E-state index in [2.05, 4.69) is 21.5 Å². The van der Waals surface area contributed by atoms with Gasteiger partial charge in [-0.3, -0.25) is 5.43 Å². The minimum absolute atomic E-state index is 0. The lowest BCUT2D eigenvalue weighted by Crippen LogP contribution is -2.41. The molecule has 1 aliphatic heterocycles. The van der Waals surface area contributed by atoms with E-state index in [1.165, 1.54) is 24.8 Å². The van der Waals surface area contributed by atoms with Gasteiger partial charge in [0.25, 0.3) is 0 Å². The van der Waals surface area contributed by atoms with Crippen LogP contribution in [0.25, 0.3) is 0 Å². The molecule has 0 radical (unpaired) electrons. The smallest absolute Gasteiger partial charge is 0.131 e. The van der Waals surface area contributed by atoms with Gasteiger partial charge in [0.2, 0.25) is 0 Å². The fourth-order valence-electron chi connectivity index (χ4n) is 2.31. The lowest BCUT2D eigenvalue weighted by atomic mass is 9.97. The molecule has 0 bridgehead atoms. The Morgan fingerprint density at radius 2 is 2.24 bits per heavy atom. The standard InChI is InChI=1S/C12H18ClN3.ClH/c1-9-7-10(8-15-12(9)13)11-5-3-4-6-16(11)14-2;/h7-8,11,14H,3-6H2,1-2H3;1H/t11-;/m0./s1. The van der Waals surface area contributed by atoms with E-state index < -0.39 is 0 Å². The van der Waals surface area contributed by atoms with Crippen molar-refractivity contribution < 1.29 is 0 Å². The van der Waals surface area contributed by atoms with E-state index in [0.717, 1.165) is 12.1 Å². The molecule has 1 aromatic rings. The van der Waals surface area contributed by atoms with Gasteiger partial charge in [0.1, 0.15) is 5.15 Å².